The van der Waals surface area contributed by atoms with Crippen LogP contribution in [0, 0.1) is 0 Å². The molecule has 23 heavy (non-hydrogen) atoms. The van der Waals surface area contributed by atoms with Crippen molar-refractivity contribution in [2.24, 2.45) is 0 Å². The first-order chi connectivity index (χ1) is 11.2. The van der Waals surface area contributed by atoms with Crippen molar-refractivity contribution < 1.29 is 19.0 Å². The molecular formula is C19H38O4. The standard InChI is InChI=1S/C19H38O4/c1-4-5-6-7-8-9-10-11-12-13-14-15-19(20)23-17-18(22-3)16-21-2/h18H,4-17H2,1-3H3. The van der Waals surface area contributed by atoms with Gasteiger partial charge < -0.3 is 14.2 Å². The molecule has 138 valence electrons. The molecule has 1 atom stereocenters. The van der Waals surface area contributed by atoms with Crippen LogP contribution in [0.3, 0.4) is 0 Å². The molecule has 1 unspecified atom stereocenters. The van der Waals surface area contributed by atoms with Crippen LogP contribution in [0.2, 0.25) is 0 Å². The van der Waals surface area contributed by atoms with Gasteiger partial charge in [0.15, 0.2) is 0 Å². The minimum atomic E-state index is -0.165. The molecule has 0 aromatic carbocycles. The van der Waals surface area contributed by atoms with Crippen LogP contribution in [0.25, 0.3) is 0 Å². The maximum Gasteiger partial charge on any atom is 0.305 e. The summed E-state index contributed by atoms with van der Waals surface area (Å²) in [5, 5.41) is 0. The number of ether oxygens (including phenoxy) is 3. The van der Waals surface area contributed by atoms with Crippen molar-refractivity contribution >= 4 is 5.97 Å². The molecule has 0 radical (unpaired) electrons. The molecule has 0 aliphatic carbocycles. The van der Waals surface area contributed by atoms with Crippen LogP contribution < -0.4 is 0 Å². The number of methoxy groups -OCH3 is 2. The molecule has 0 aliphatic heterocycles. The topological polar surface area (TPSA) is 44.8 Å². The van der Waals surface area contributed by atoms with Gasteiger partial charge in [-0.3, -0.25) is 4.79 Å². The Labute approximate surface area is 143 Å². The maximum atomic E-state index is 11.6. The van der Waals surface area contributed by atoms with E-state index >= 15 is 0 Å². The van der Waals surface area contributed by atoms with E-state index in [9.17, 15) is 4.79 Å². The van der Waals surface area contributed by atoms with Crippen molar-refractivity contribution in [2.45, 2.75) is 90.1 Å². The van der Waals surface area contributed by atoms with Crippen molar-refractivity contribution in [3.05, 3.63) is 0 Å². The molecule has 4 heteroatoms. The van der Waals surface area contributed by atoms with E-state index in [2.05, 4.69) is 6.92 Å². The number of hydrogen-bond acceptors (Lipinski definition) is 4. The fourth-order valence-electron chi connectivity index (χ4n) is 2.56. The first-order valence-corrected chi connectivity index (χ1v) is 9.41. The van der Waals surface area contributed by atoms with Crippen LogP contribution in [0.1, 0.15) is 84.0 Å². The van der Waals surface area contributed by atoms with Gasteiger partial charge in [-0.25, -0.2) is 0 Å². The Morgan fingerprint density at radius 1 is 0.783 bits per heavy atom. The lowest BCUT2D eigenvalue weighted by Gasteiger charge is -2.14. The fourth-order valence-corrected chi connectivity index (χ4v) is 2.56. The van der Waals surface area contributed by atoms with E-state index < -0.39 is 0 Å². The largest absolute Gasteiger partial charge is 0.463 e. The summed E-state index contributed by atoms with van der Waals surface area (Å²) in [5.74, 6) is -0.126. The van der Waals surface area contributed by atoms with Crippen LogP contribution in [0.15, 0.2) is 0 Å². The molecule has 0 saturated carbocycles. The molecule has 0 heterocycles. The Morgan fingerprint density at radius 3 is 1.78 bits per heavy atom. The zero-order valence-electron chi connectivity index (χ0n) is 15.6. The fraction of sp³-hybridized carbons (Fsp3) is 0.947. The summed E-state index contributed by atoms with van der Waals surface area (Å²) in [4.78, 5) is 11.6. The van der Waals surface area contributed by atoms with Gasteiger partial charge in [0.05, 0.1) is 6.61 Å². The van der Waals surface area contributed by atoms with Crippen LogP contribution >= 0.6 is 0 Å². The van der Waals surface area contributed by atoms with Gasteiger partial charge in [0.2, 0.25) is 0 Å². The number of carbonyl (C=O) groups is 1. The minimum Gasteiger partial charge on any atom is -0.463 e. The highest BCUT2D eigenvalue weighted by Crippen LogP contribution is 2.12. The third-order valence-corrected chi connectivity index (χ3v) is 4.10. The quantitative estimate of drug-likeness (QED) is 0.281. The van der Waals surface area contributed by atoms with E-state index in [-0.39, 0.29) is 18.7 Å². The lowest BCUT2D eigenvalue weighted by Crippen LogP contribution is -2.25. The van der Waals surface area contributed by atoms with E-state index in [1.807, 2.05) is 0 Å². The van der Waals surface area contributed by atoms with Gasteiger partial charge in [-0.2, -0.15) is 0 Å². The normalized spacial score (nSPS) is 12.3. The average molecular weight is 331 g/mol. The first-order valence-electron chi connectivity index (χ1n) is 9.41. The number of esters is 1. The smallest absolute Gasteiger partial charge is 0.305 e. The Hall–Kier alpha value is -0.610. The molecule has 0 rings (SSSR count). The van der Waals surface area contributed by atoms with Crippen LogP contribution in [0.5, 0.6) is 0 Å². The van der Waals surface area contributed by atoms with E-state index in [0.29, 0.717) is 13.0 Å². The number of hydrogen-bond donors (Lipinski definition) is 0. The molecule has 0 N–H and O–H groups in total. The van der Waals surface area contributed by atoms with E-state index in [4.69, 9.17) is 14.2 Å². The van der Waals surface area contributed by atoms with Crippen molar-refractivity contribution in [3.8, 4) is 0 Å². The van der Waals surface area contributed by atoms with E-state index in [0.717, 1.165) is 12.8 Å². The minimum absolute atomic E-state index is 0.126. The summed E-state index contributed by atoms with van der Waals surface area (Å²) in [7, 11) is 3.21. The second-order valence-corrected chi connectivity index (χ2v) is 6.28. The summed E-state index contributed by atoms with van der Waals surface area (Å²) in [6.07, 6.45) is 14.5. The number of unbranched alkanes of at least 4 members (excludes halogenated alkanes) is 10. The van der Waals surface area contributed by atoms with E-state index in [1.165, 1.54) is 57.8 Å². The Balaban J connectivity index is 3.29. The highest BCUT2D eigenvalue weighted by Gasteiger charge is 2.10. The number of carbonyl (C=O) groups excluding carboxylic acids is 1. The molecule has 0 saturated heterocycles. The molecule has 4 nitrogen and oxygen atoms in total. The average Bonchev–Trinajstić information content (AvgIpc) is 2.56. The second kappa shape index (κ2) is 17.7. The Kier molecular flexibility index (Phi) is 17.3. The molecule has 0 aromatic heterocycles. The van der Waals surface area contributed by atoms with E-state index in [1.54, 1.807) is 14.2 Å². The first kappa shape index (κ1) is 22.4. The molecule has 0 bridgehead atoms. The summed E-state index contributed by atoms with van der Waals surface area (Å²) in [5.41, 5.74) is 0. The highest BCUT2D eigenvalue weighted by atomic mass is 16.6. The van der Waals surface area contributed by atoms with Gasteiger partial charge in [0.1, 0.15) is 12.7 Å². The van der Waals surface area contributed by atoms with Crippen molar-refractivity contribution in [3.63, 3.8) is 0 Å². The van der Waals surface area contributed by atoms with Gasteiger partial charge in [-0.1, -0.05) is 71.1 Å². The highest BCUT2D eigenvalue weighted by molar-refractivity contribution is 5.69. The monoisotopic (exact) mass is 330 g/mol. The van der Waals surface area contributed by atoms with Gasteiger partial charge in [-0.05, 0) is 6.42 Å². The zero-order valence-corrected chi connectivity index (χ0v) is 15.6. The molecule has 0 aliphatic rings. The Morgan fingerprint density at radius 2 is 1.30 bits per heavy atom. The molecule has 0 fully saturated rings. The van der Waals surface area contributed by atoms with Gasteiger partial charge in [0.25, 0.3) is 0 Å². The summed E-state index contributed by atoms with van der Waals surface area (Å²) < 4.78 is 15.3. The van der Waals surface area contributed by atoms with Crippen molar-refractivity contribution in [1.29, 1.82) is 0 Å². The maximum absolute atomic E-state index is 11.6. The summed E-state index contributed by atoms with van der Waals surface area (Å²) in [6.45, 7) is 2.98. The van der Waals surface area contributed by atoms with Gasteiger partial charge in [0, 0.05) is 20.6 Å². The molecule has 0 aromatic rings. The summed E-state index contributed by atoms with van der Waals surface area (Å²) >= 11 is 0. The zero-order chi connectivity index (χ0) is 17.2. The lowest BCUT2D eigenvalue weighted by atomic mass is 10.1. The van der Waals surface area contributed by atoms with Crippen molar-refractivity contribution in [2.75, 3.05) is 27.4 Å². The predicted octanol–water partition coefficient (Wildman–Crippen LogP) is 4.89. The number of rotatable bonds is 17. The Bertz CT molecular complexity index is 256. The third kappa shape index (κ3) is 16.0. The molecule has 0 spiro atoms. The van der Waals surface area contributed by atoms with Crippen molar-refractivity contribution in [1.82, 2.24) is 0 Å². The third-order valence-electron chi connectivity index (χ3n) is 4.10. The second-order valence-electron chi connectivity index (χ2n) is 6.28. The van der Waals surface area contributed by atoms with Crippen LogP contribution in [-0.2, 0) is 19.0 Å². The van der Waals surface area contributed by atoms with Gasteiger partial charge in [-0.15, -0.1) is 0 Å². The van der Waals surface area contributed by atoms with Crippen LogP contribution in [0.4, 0.5) is 0 Å². The SMILES string of the molecule is CCCCCCCCCCCCCC(=O)OCC(COC)OC. The predicted molar refractivity (Wildman–Crippen MR) is 94.7 cm³/mol. The summed E-state index contributed by atoms with van der Waals surface area (Å²) in [6, 6.07) is 0. The lowest BCUT2D eigenvalue weighted by molar-refractivity contribution is -0.148. The van der Waals surface area contributed by atoms with Crippen LogP contribution in [-0.4, -0.2) is 39.5 Å². The van der Waals surface area contributed by atoms with Gasteiger partial charge >= 0.3 is 5.97 Å². The molecular weight excluding hydrogens is 292 g/mol. The molecule has 0 amide bonds.